The van der Waals surface area contributed by atoms with Crippen molar-refractivity contribution in [1.82, 2.24) is 0 Å². The molecular weight excluding hydrogens is 632 g/mol. The Morgan fingerprint density at radius 2 is 1.20 bits per heavy atom. The van der Waals surface area contributed by atoms with Crippen molar-refractivity contribution >= 4 is 29.8 Å². The van der Waals surface area contributed by atoms with Crippen LogP contribution in [0, 0.1) is 45.3 Å². The first kappa shape index (κ1) is 38.1. The van der Waals surface area contributed by atoms with E-state index in [1.165, 1.54) is 30.9 Å². The SMILES string of the molecule is COC(=O)[C@@]12CCC(C(C)C)=C1[C@@H]1CC=C(C=O)CC(=O)[C@@]1(C)CC2.COC(=O)[C@@]12CCC(C(C)C)=C1[C@@H]1CC=C(CO)CC(=O)[C@@]1(C)CC2. The van der Waals surface area contributed by atoms with Crippen molar-refractivity contribution in [2.45, 2.75) is 119 Å². The molecule has 2 fully saturated rings. The molecule has 1 N–H and O–H groups in total. The van der Waals surface area contributed by atoms with Gasteiger partial charge in [-0.25, -0.2) is 0 Å². The van der Waals surface area contributed by atoms with E-state index in [4.69, 9.17) is 9.47 Å². The van der Waals surface area contributed by atoms with Crippen molar-refractivity contribution in [2.24, 2.45) is 45.3 Å². The number of aliphatic hydroxyl groups is 1. The molecule has 0 bridgehead atoms. The highest BCUT2D eigenvalue weighted by atomic mass is 16.5. The monoisotopic (exact) mass is 690 g/mol. The van der Waals surface area contributed by atoms with E-state index in [1.807, 2.05) is 19.1 Å². The third-order valence-electron chi connectivity index (χ3n) is 13.9. The molecule has 0 radical (unpaired) electrons. The fraction of sp³-hybridized carbons (Fsp3) is 0.690. The van der Waals surface area contributed by atoms with Gasteiger partial charge in [-0.1, -0.05) is 64.8 Å². The standard InChI is InChI=1S/C21H30O4.C21H28O4/c2*1-13(2)15-7-8-21(19(24)25-4)10-9-20(3)16(18(15)21)6-5-14(12-22)11-17(20)23/h5,13,16,22H,6-12H2,1-4H3;5,12-13,16H,6-11H2,1-4H3/t2*16-,20-,21+/m00/s1. The zero-order valence-corrected chi connectivity index (χ0v) is 31.5. The van der Waals surface area contributed by atoms with E-state index in [0.717, 1.165) is 49.5 Å². The van der Waals surface area contributed by atoms with E-state index in [2.05, 4.69) is 34.6 Å². The zero-order valence-electron chi connectivity index (χ0n) is 31.5. The van der Waals surface area contributed by atoms with Gasteiger partial charge in [-0.05, 0) is 110 Å². The van der Waals surface area contributed by atoms with E-state index >= 15 is 0 Å². The second kappa shape index (κ2) is 14.1. The molecule has 0 amide bonds. The van der Waals surface area contributed by atoms with Gasteiger partial charge in [-0.15, -0.1) is 0 Å². The molecule has 274 valence electrons. The third-order valence-corrected chi connectivity index (χ3v) is 13.9. The van der Waals surface area contributed by atoms with E-state index < -0.39 is 21.7 Å². The summed E-state index contributed by atoms with van der Waals surface area (Å²) in [7, 11) is 2.93. The lowest BCUT2D eigenvalue weighted by Crippen LogP contribution is -2.48. The van der Waals surface area contributed by atoms with Gasteiger partial charge in [0.25, 0.3) is 0 Å². The summed E-state index contributed by atoms with van der Waals surface area (Å²) >= 11 is 0. The minimum atomic E-state index is -0.571. The molecule has 0 saturated heterocycles. The molecule has 0 aromatic rings. The maximum atomic E-state index is 13.1. The Hall–Kier alpha value is -3.13. The Bertz CT molecular complexity index is 1570. The van der Waals surface area contributed by atoms with Crippen LogP contribution in [0.2, 0.25) is 0 Å². The van der Waals surface area contributed by atoms with Crippen LogP contribution in [0.4, 0.5) is 0 Å². The van der Waals surface area contributed by atoms with Gasteiger partial charge in [0.05, 0.1) is 31.7 Å². The number of ether oxygens (including phenoxy) is 2. The average Bonchev–Trinajstić information content (AvgIpc) is 3.63. The number of aldehydes is 1. The molecule has 50 heavy (non-hydrogen) atoms. The Morgan fingerprint density at radius 1 is 0.760 bits per heavy atom. The van der Waals surface area contributed by atoms with Crippen LogP contribution >= 0.6 is 0 Å². The van der Waals surface area contributed by atoms with Crippen LogP contribution in [0.3, 0.4) is 0 Å². The summed E-state index contributed by atoms with van der Waals surface area (Å²) in [5.41, 5.74) is 4.32. The van der Waals surface area contributed by atoms with E-state index in [0.29, 0.717) is 55.9 Å². The van der Waals surface area contributed by atoms with Crippen LogP contribution in [0.25, 0.3) is 0 Å². The highest BCUT2D eigenvalue weighted by molar-refractivity contribution is 5.95. The molecule has 0 unspecified atom stereocenters. The minimum absolute atomic E-state index is 0.00907. The predicted molar refractivity (Wildman–Crippen MR) is 191 cm³/mol. The number of fused-ring (bicyclic) bond motifs is 6. The van der Waals surface area contributed by atoms with Crippen LogP contribution in [0.1, 0.15) is 119 Å². The second-order valence-electron chi connectivity index (χ2n) is 16.9. The van der Waals surface area contributed by atoms with Crippen molar-refractivity contribution < 1.29 is 38.6 Å². The number of hydrogen-bond donors (Lipinski definition) is 1. The van der Waals surface area contributed by atoms with Crippen LogP contribution in [0.15, 0.2) is 45.6 Å². The molecule has 6 rings (SSSR count). The molecule has 6 aliphatic carbocycles. The number of rotatable bonds is 6. The highest BCUT2D eigenvalue weighted by Crippen LogP contribution is 2.64. The van der Waals surface area contributed by atoms with Crippen molar-refractivity contribution in [2.75, 3.05) is 20.8 Å². The minimum Gasteiger partial charge on any atom is -0.468 e. The number of hydrogen-bond acceptors (Lipinski definition) is 8. The van der Waals surface area contributed by atoms with Crippen molar-refractivity contribution in [3.05, 3.63) is 45.6 Å². The summed E-state index contributed by atoms with van der Waals surface area (Å²) in [6.45, 7) is 12.7. The van der Waals surface area contributed by atoms with Gasteiger partial charge in [0.2, 0.25) is 0 Å². The summed E-state index contributed by atoms with van der Waals surface area (Å²) in [6.07, 6.45) is 12.8. The quantitative estimate of drug-likeness (QED) is 0.174. The maximum Gasteiger partial charge on any atom is 0.315 e. The molecule has 0 heterocycles. The van der Waals surface area contributed by atoms with Crippen molar-refractivity contribution in [3.8, 4) is 0 Å². The lowest BCUT2D eigenvalue weighted by atomic mass is 9.54. The van der Waals surface area contributed by atoms with Gasteiger partial charge < -0.3 is 14.6 Å². The number of ketones is 2. The highest BCUT2D eigenvalue weighted by Gasteiger charge is 2.61. The number of carbonyl (C=O) groups excluding carboxylic acids is 5. The van der Waals surface area contributed by atoms with Crippen LogP contribution < -0.4 is 0 Å². The van der Waals surface area contributed by atoms with Crippen LogP contribution in [-0.4, -0.2) is 55.7 Å². The molecule has 2 saturated carbocycles. The number of esters is 2. The summed E-state index contributed by atoms with van der Waals surface area (Å²) in [4.78, 5) is 62.9. The summed E-state index contributed by atoms with van der Waals surface area (Å²) in [6, 6.07) is 0. The first-order valence-electron chi connectivity index (χ1n) is 18.7. The van der Waals surface area contributed by atoms with Crippen LogP contribution in [-0.2, 0) is 33.4 Å². The first-order chi connectivity index (χ1) is 23.6. The molecular formula is C42H58O8. The molecule has 0 aromatic carbocycles. The Labute approximate surface area is 298 Å². The average molecular weight is 691 g/mol. The molecule has 0 aliphatic heterocycles. The fourth-order valence-electron chi connectivity index (χ4n) is 10.8. The number of allylic oxidation sites excluding steroid dienone is 5. The van der Waals surface area contributed by atoms with E-state index in [-0.39, 0.29) is 48.4 Å². The van der Waals surface area contributed by atoms with Gasteiger partial charge in [0, 0.05) is 23.7 Å². The lowest BCUT2D eigenvalue weighted by molar-refractivity contribution is -0.155. The van der Waals surface area contributed by atoms with Gasteiger partial charge in [-0.2, -0.15) is 0 Å². The number of carbonyl (C=O) groups is 5. The molecule has 8 nitrogen and oxygen atoms in total. The maximum absolute atomic E-state index is 13.1. The molecule has 0 spiro atoms. The lowest BCUT2D eigenvalue weighted by Gasteiger charge is -2.48. The fourth-order valence-corrected chi connectivity index (χ4v) is 10.8. The smallest absolute Gasteiger partial charge is 0.315 e. The Balaban J connectivity index is 0.000000194. The Kier molecular flexibility index (Phi) is 10.8. The third kappa shape index (κ3) is 5.91. The number of Topliss-reactive ketones (excluding diaryl/α,β-unsaturated/α-hetero) is 2. The van der Waals surface area contributed by atoms with Gasteiger partial charge in [0.1, 0.15) is 17.9 Å². The number of aliphatic hydroxyl groups excluding tert-OH is 1. The predicted octanol–water partition coefficient (Wildman–Crippen LogP) is 7.39. The van der Waals surface area contributed by atoms with Crippen molar-refractivity contribution in [3.63, 3.8) is 0 Å². The first-order valence-corrected chi connectivity index (χ1v) is 18.7. The molecule has 8 heteroatoms. The van der Waals surface area contributed by atoms with E-state index in [1.54, 1.807) is 0 Å². The molecule has 6 aliphatic rings. The van der Waals surface area contributed by atoms with Gasteiger partial charge in [-0.3, -0.25) is 24.0 Å². The van der Waals surface area contributed by atoms with E-state index in [9.17, 15) is 29.1 Å². The summed E-state index contributed by atoms with van der Waals surface area (Å²) < 4.78 is 10.4. The van der Waals surface area contributed by atoms with Crippen LogP contribution in [0.5, 0.6) is 0 Å². The van der Waals surface area contributed by atoms with Gasteiger partial charge in [0.15, 0.2) is 0 Å². The zero-order chi connectivity index (χ0) is 36.8. The summed E-state index contributed by atoms with van der Waals surface area (Å²) in [5.74, 6) is 0.785. The topological polar surface area (TPSA) is 124 Å². The van der Waals surface area contributed by atoms with Crippen molar-refractivity contribution in [1.29, 1.82) is 0 Å². The second-order valence-corrected chi connectivity index (χ2v) is 16.9. The van der Waals surface area contributed by atoms with Gasteiger partial charge >= 0.3 is 11.9 Å². The normalized spacial score (nSPS) is 35.1. The molecule has 6 atom stereocenters. The number of methoxy groups -OCH3 is 2. The summed E-state index contributed by atoms with van der Waals surface area (Å²) in [5, 5.41) is 9.55. The largest absolute Gasteiger partial charge is 0.468 e. The Morgan fingerprint density at radius 3 is 1.60 bits per heavy atom. The molecule has 0 aromatic heterocycles.